The van der Waals surface area contributed by atoms with E-state index in [1.165, 1.54) is 13.3 Å². The first kappa shape index (κ1) is 27.2. The summed E-state index contributed by atoms with van der Waals surface area (Å²) < 4.78 is 61.3. The number of rotatable bonds is 7. The maximum absolute atomic E-state index is 15.6. The largest absolute Gasteiger partial charge is 0.497 e. The highest BCUT2D eigenvalue weighted by Gasteiger charge is 2.35. The first-order chi connectivity index (χ1) is 17.7. The monoisotopic (exact) mass is 534 g/mol. The molecule has 0 radical (unpaired) electrons. The number of fused-ring (bicyclic) bond motifs is 1. The molecule has 1 N–H and O–H groups in total. The first-order valence-corrected chi connectivity index (χ1v) is 12.4. The standard InChI is InChI=1S/C28H27ClF4N2O2/c1-37-20-4-5-25-21(15-20)26(22(29)16-34-25)23(31)6-7-28(17-36)8-11-35(12-9-28)10-2-3-18-13-19(30)14-24(32)27(18)33/h4-5,13-16,23,36H,6-12,17H2,1H3/t23-/m1/s1. The second-order valence-electron chi connectivity index (χ2n) is 9.39. The molecular formula is C28H27ClF4N2O2. The number of pyridine rings is 1. The minimum absolute atomic E-state index is 0.0777. The van der Waals surface area contributed by atoms with Crippen LogP contribution >= 0.6 is 11.6 Å². The van der Waals surface area contributed by atoms with Crippen molar-refractivity contribution < 1.29 is 27.4 Å². The van der Waals surface area contributed by atoms with E-state index in [-0.39, 0.29) is 30.2 Å². The van der Waals surface area contributed by atoms with E-state index in [2.05, 4.69) is 16.8 Å². The van der Waals surface area contributed by atoms with Gasteiger partial charge in [-0.3, -0.25) is 9.88 Å². The molecule has 1 aliphatic heterocycles. The number of nitrogens with zero attached hydrogens (tertiary/aromatic N) is 2. The van der Waals surface area contributed by atoms with Gasteiger partial charge in [0.15, 0.2) is 11.6 Å². The highest BCUT2D eigenvalue weighted by molar-refractivity contribution is 6.32. The van der Waals surface area contributed by atoms with Crippen LogP contribution in [0.1, 0.15) is 43.0 Å². The minimum Gasteiger partial charge on any atom is -0.497 e. The van der Waals surface area contributed by atoms with Gasteiger partial charge in [0.2, 0.25) is 0 Å². The van der Waals surface area contributed by atoms with E-state index in [1.54, 1.807) is 18.2 Å². The van der Waals surface area contributed by atoms with Crippen LogP contribution in [-0.2, 0) is 0 Å². The molecule has 1 saturated heterocycles. The summed E-state index contributed by atoms with van der Waals surface area (Å²) in [6, 6.07) is 6.57. The summed E-state index contributed by atoms with van der Waals surface area (Å²) in [5.74, 6) is 2.50. The van der Waals surface area contributed by atoms with Gasteiger partial charge in [-0.1, -0.05) is 23.4 Å². The van der Waals surface area contributed by atoms with Gasteiger partial charge < -0.3 is 9.84 Å². The molecule has 4 rings (SSSR count). The quantitative estimate of drug-likeness (QED) is 0.222. The maximum Gasteiger partial charge on any atom is 0.174 e. The van der Waals surface area contributed by atoms with E-state index in [1.807, 2.05) is 4.90 Å². The average Bonchev–Trinajstić information content (AvgIpc) is 2.90. The normalized spacial score (nSPS) is 16.3. The number of aliphatic hydroxyl groups is 1. The molecule has 2 heterocycles. The number of aromatic nitrogens is 1. The summed E-state index contributed by atoms with van der Waals surface area (Å²) in [6.45, 7) is 1.40. The Morgan fingerprint density at radius 1 is 1.19 bits per heavy atom. The van der Waals surface area contributed by atoms with Crippen LogP contribution in [0.3, 0.4) is 0 Å². The summed E-state index contributed by atoms with van der Waals surface area (Å²) >= 11 is 6.35. The van der Waals surface area contributed by atoms with Gasteiger partial charge in [-0.2, -0.15) is 0 Å². The lowest BCUT2D eigenvalue weighted by atomic mass is 9.74. The Morgan fingerprint density at radius 2 is 1.95 bits per heavy atom. The van der Waals surface area contributed by atoms with Crippen LogP contribution in [0.5, 0.6) is 5.75 Å². The van der Waals surface area contributed by atoms with Crippen molar-refractivity contribution in [3.63, 3.8) is 0 Å². The summed E-state index contributed by atoms with van der Waals surface area (Å²) in [6.07, 6.45) is 1.99. The van der Waals surface area contributed by atoms with Crippen molar-refractivity contribution in [1.29, 1.82) is 0 Å². The van der Waals surface area contributed by atoms with Crippen molar-refractivity contribution >= 4 is 22.5 Å². The predicted octanol–water partition coefficient (Wildman–Crippen LogP) is 6.23. The zero-order valence-electron chi connectivity index (χ0n) is 20.3. The van der Waals surface area contributed by atoms with Crippen LogP contribution in [0.4, 0.5) is 17.6 Å². The fraction of sp³-hybridized carbons (Fsp3) is 0.393. The van der Waals surface area contributed by atoms with Gasteiger partial charge >= 0.3 is 0 Å². The molecule has 0 bridgehead atoms. The van der Waals surface area contributed by atoms with Gasteiger partial charge in [0.05, 0.1) is 29.8 Å². The lowest BCUT2D eigenvalue weighted by Gasteiger charge is -2.40. The molecule has 1 fully saturated rings. The first-order valence-electron chi connectivity index (χ1n) is 12.0. The molecular weight excluding hydrogens is 508 g/mol. The topological polar surface area (TPSA) is 45.6 Å². The van der Waals surface area contributed by atoms with Gasteiger partial charge in [-0.05, 0) is 68.5 Å². The van der Waals surface area contributed by atoms with Crippen molar-refractivity contribution in [2.24, 2.45) is 5.41 Å². The molecule has 37 heavy (non-hydrogen) atoms. The third-order valence-electron chi connectivity index (χ3n) is 7.08. The van der Waals surface area contributed by atoms with Crippen LogP contribution in [-0.4, -0.2) is 48.3 Å². The Balaban J connectivity index is 1.38. The third-order valence-corrected chi connectivity index (χ3v) is 7.38. The van der Waals surface area contributed by atoms with Crippen molar-refractivity contribution in [1.82, 2.24) is 9.88 Å². The minimum atomic E-state index is -1.35. The number of halogens is 5. The molecule has 4 nitrogen and oxygen atoms in total. The number of piperidine rings is 1. The van der Waals surface area contributed by atoms with Crippen LogP contribution < -0.4 is 4.74 Å². The van der Waals surface area contributed by atoms with Crippen molar-refractivity contribution in [2.75, 3.05) is 33.4 Å². The fourth-order valence-electron chi connectivity index (χ4n) is 4.76. The lowest BCUT2D eigenvalue weighted by Crippen LogP contribution is -2.42. The number of hydrogen-bond acceptors (Lipinski definition) is 4. The Hall–Kier alpha value is -2.86. The van der Waals surface area contributed by atoms with Crippen molar-refractivity contribution in [3.05, 3.63) is 70.1 Å². The molecule has 3 aromatic rings. The van der Waals surface area contributed by atoms with E-state index in [9.17, 15) is 18.3 Å². The second kappa shape index (κ2) is 11.7. The van der Waals surface area contributed by atoms with E-state index >= 15 is 4.39 Å². The summed E-state index contributed by atoms with van der Waals surface area (Å²) in [5, 5.41) is 11.0. The number of methoxy groups -OCH3 is 1. The average molecular weight is 535 g/mol. The summed E-state index contributed by atoms with van der Waals surface area (Å²) in [7, 11) is 1.54. The van der Waals surface area contributed by atoms with Gasteiger partial charge in [0.25, 0.3) is 0 Å². The summed E-state index contributed by atoms with van der Waals surface area (Å²) in [5.41, 5.74) is 0.217. The van der Waals surface area contributed by atoms with Gasteiger partial charge in [0.1, 0.15) is 17.7 Å². The third kappa shape index (κ3) is 6.18. The van der Waals surface area contributed by atoms with Crippen LogP contribution in [0.15, 0.2) is 36.5 Å². The Morgan fingerprint density at radius 3 is 2.65 bits per heavy atom. The predicted molar refractivity (Wildman–Crippen MR) is 135 cm³/mol. The van der Waals surface area contributed by atoms with Crippen LogP contribution in [0, 0.1) is 34.7 Å². The molecule has 0 unspecified atom stereocenters. The highest BCUT2D eigenvalue weighted by Crippen LogP contribution is 2.41. The van der Waals surface area contributed by atoms with Gasteiger partial charge in [0, 0.05) is 29.8 Å². The molecule has 1 atom stereocenters. The molecule has 0 spiro atoms. The van der Waals surface area contributed by atoms with Crippen LogP contribution in [0.25, 0.3) is 10.9 Å². The zero-order chi connectivity index (χ0) is 26.6. The van der Waals surface area contributed by atoms with E-state index in [0.717, 1.165) is 6.07 Å². The van der Waals surface area contributed by atoms with Crippen LogP contribution in [0.2, 0.25) is 5.02 Å². The van der Waals surface area contributed by atoms with Gasteiger partial charge in [-0.15, -0.1) is 0 Å². The lowest BCUT2D eigenvalue weighted by molar-refractivity contribution is 0.0344. The number of alkyl halides is 1. The molecule has 1 aromatic heterocycles. The van der Waals surface area contributed by atoms with E-state index in [4.69, 9.17) is 16.3 Å². The number of ether oxygens (including phenoxy) is 1. The fourth-order valence-corrected chi connectivity index (χ4v) is 5.03. The Kier molecular flexibility index (Phi) is 8.58. The van der Waals surface area contributed by atoms with Crippen molar-refractivity contribution in [3.8, 4) is 17.6 Å². The number of hydrogen-bond donors (Lipinski definition) is 1. The Bertz CT molecular complexity index is 1330. The number of likely N-dealkylation sites (tertiary alicyclic amines) is 1. The number of aliphatic hydroxyl groups excluding tert-OH is 1. The smallest absolute Gasteiger partial charge is 0.174 e. The van der Waals surface area contributed by atoms with Crippen molar-refractivity contribution in [2.45, 2.75) is 31.9 Å². The molecule has 9 heteroatoms. The Labute approximate surface area is 218 Å². The molecule has 2 aromatic carbocycles. The molecule has 0 aliphatic carbocycles. The molecule has 1 aliphatic rings. The molecule has 0 amide bonds. The zero-order valence-corrected chi connectivity index (χ0v) is 21.1. The SMILES string of the molecule is COc1ccc2ncc(Cl)c([C@H](F)CCC3(CO)CCN(CC#Cc4cc(F)cc(F)c4F)CC3)c2c1. The van der Waals surface area contributed by atoms with E-state index in [0.29, 0.717) is 60.6 Å². The summed E-state index contributed by atoms with van der Waals surface area (Å²) in [4.78, 5) is 6.29. The van der Waals surface area contributed by atoms with E-state index < -0.39 is 29.0 Å². The maximum atomic E-state index is 15.6. The molecule has 0 saturated carbocycles. The highest BCUT2D eigenvalue weighted by atomic mass is 35.5. The molecule has 196 valence electrons. The number of benzene rings is 2. The van der Waals surface area contributed by atoms with Gasteiger partial charge in [-0.25, -0.2) is 17.6 Å². The second-order valence-corrected chi connectivity index (χ2v) is 9.80.